The maximum absolute atomic E-state index is 12.9. The Balaban J connectivity index is 1.45. The number of carbonyl (C=O) groups is 2. The molecule has 0 aliphatic carbocycles. The maximum atomic E-state index is 12.9. The summed E-state index contributed by atoms with van der Waals surface area (Å²) >= 11 is 0. The van der Waals surface area contributed by atoms with Crippen molar-refractivity contribution >= 4 is 22.6 Å². The molecule has 148 valence electrons. The number of piperidine rings is 1. The van der Waals surface area contributed by atoms with Crippen LogP contribution in [0, 0.1) is 11.3 Å². The van der Waals surface area contributed by atoms with E-state index in [9.17, 15) is 14.4 Å². The van der Waals surface area contributed by atoms with Crippen LogP contribution in [0.4, 0.5) is 0 Å². The number of fused-ring (bicyclic) bond motifs is 1. The number of aryl methyl sites for hydroxylation is 1. The Morgan fingerprint density at radius 3 is 2.43 bits per heavy atom. The zero-order valence-electron chi connectivity index (χ0n) is 16.6. The SMILES string of the molecule is Cn1nc(CC(=O)N2CCC(C3NC(=O)C3(C)C)CC2)c2ccccc2c1=O. The number of likely N-dealkylation sites (tertiary alicyclic amines) is 1. The summed E-state index contributed by atoms with van der Waals surface area (Å²) in [4.78, 5) is 38.7. The van der Waals surface area contributed by atoms with Crippen molar-refractivity contribution in [1.82, 2.24) is 20.0 Å². The third-order valence-electron chi connectivity index (χ3n) is 6.36. The highest BCUT2D eigenvalue weighted by atomic mass is 16.2. The molecule has 2 amide bonds. The van der Waals surface area contributed by atoms with E-state index in [2.05, 4.69) is 10.4 Å². The highest BCUT2D eigenvalue weighted by Crippen LogP contribution is 2.38. The topological polar surface area (TPSA) is 84.3 Å². The number of nitrogens with one attached hydrogen (secondary N) is 1. The van der Waals surface area contributed by atoms with Gasteiger partial charge in [-0.2, -0.15) is 5.10 Å². The average molecular weight is 382 g/mol. The molecule has 0 spiro atoms. The van der Waals surface area contributed by atoms with E-state index in [0.717, 1.165) is 18.2 Å². The molecule has 2 aromatic rings. The van der Waals surface area contributed by atoms with E-state index in [-0.39, 0.29) is 35.3 Å². The molecule has 0 bridgehead atoms. The van der Waals surface area contributed by atoms with Crippen LogP contribution in [0.1, 0.15) is 32.4 Å². The molecule has 7 nitrogen and oxygen atoms in total. The van der Waals surface area contributed by atoms with Crippen molar-refractivity contribution in [3.8, 4) is 0 Å². The van der Waals surface area contributed by atoms with Crippen LogP contribution in [0.25, 0.3) is 10.8 Å². The summed E-state index contributed by atoms with van der Waals surface area (Å²) in [7, 11) is 1.61. The van der Waals surface area contributed by atoms with Crippen molar-refractivity contribution < 1.29 is 9.59 Å². The van der Waals surface area contributed by atoms with E-state index >= 15 is 0 Å². The number of β-lactam (4-membered cyclic amide) rings is 1. The Morgan fingerprint density at radius 1 is 1.18 bits per heavy atom. The predicted molar refractivity (Wildman–Crippen MR) is 106 cm³/mol. The van der Waals surface area contributed by atoms with Crippen molar-refractivity contribution in [2.45, 2.75) is 39.2 Å². The minimum absolute atomic E-state index is 0.0339. The maximum Gasteiger partial charge on any atom is 0.274 e. The Bertz CT molecular complexity index is 1000. The van der Waals surface area contributed by atoms with E-state index in [4.69, 9.17) is 0 Å². The smallest absolute Gasteiger partial charge is 0.274 e. The first-order valence-electron chi connectivity index (χ1n) is 9.82. The molecule has 0 saturated carbocycles. The molecule has 2 aliphatic heterocycles. The lowest BCUT2D eigenvalue weighted by Crippen LogP contribution is -2.68. The zero-order valence-corrected chi connectivity index (χ0v) is 16.6. The van der Waals surface area contributed by atoms with Crippen molar-refractivity contribution in [1.29, 1.82) is 0 Å². The van der Waals surface area contributed by atoms with E-state index in [1.807, 2.05) is 36.9 Å². The summed E-state index contributed by atoms with van der Waals surface area (Å²) in [5.41, 5.74) is 0.170. The summed E-state index contributed by atoms with van der Waals surface area (Å²) in [5, 5.41) is 8.70. The summed E-state index contributed by atoms with van der Waals surface area (Å²) < 4.78 is 1.30. The number of aromatic nitrogens is 2. The molecule has 28 heavy (non-hydrogen) atoms. The molecule has 2 aliphatic rings. The summed E-state index contributed by atoms with van der Waals surface area (Å²) in [6.45, 7) is 5.36. The van der Waals surface area contributed by atoms with Crippen LogP contribution in [0.5, 0.6) is 0 Å². The summed E-state index contributed by atoms with van der Waals surface area (Å²) in [6, 6.07) is 7.50. The Morgan fingerprint density at radius 2 is 1.82 bits per heavy atom. The quantitative estimate of drug-likeness (QED) is 0.810. The molecule has 1 aromatic heterocycles. The molecule has 1 N–H and O–H groups in total. The minimum Gasteiger partial charge on any atom is -0.351 e. The molecule has 1 aromatic carbocycles. The lowest BCUT2D eigenvalue weighted by atomic mass is 9.68. The summed E-state index contributed by atoms with van der Waals surface area (Å²) in [6.07, 6.45) is 1.97. The van der Waals surface area contributed by atoms with Crippen molar-refractivity contribution in [3.63, 3.8) is 0 Å². The van der Waals surface area contributed by atoms with Gasteiger partial charge >= 0.3 is 0 Å². The fourth-order valence-electron chi connectivity index (χ4n) is 4.52. The molecule has 1 atom stereocenters. The average Bonchev–Trinajstić information content (AvgIpc) is 2.70. The third-order valence-corrected chi connectivity index (χ3v) is 6.36. The van der Waals surface area contributed by atoms with E-state index in [1.165, 1.54) is 4.68 Å². The van der Waals surface area contributed by atoms with Gasteiger partial charge in [0, 0.05) is 31.6 Å². The molecule has 4 rings (SSSR count). The molecule has 3 heterocycles. The Labute approximate surface area is 163 Å². The molecule has 1 unspecified atom stereocenters. The number of nitrogens with zero attached hydrogens (tertiary/aromatic N) is 3. The van der Waals surface area contributed by atoms with Gasteiger partial charge in [0.2, 0.25) is 11.8 Å². The van der Waals surface area contributed by atoms with Crippen molar-refractivity contribution in [2.24, 2.45) is 18.4 Å². The molecular formula is C21H26N4O3. The van der Waals surface area contributed by atoms with Crippen molar-refractivity contribution in [3.05, 3.63) is 40.3 Å². The van der Waals surface area contributed by atoms with Gasteiger partial charge in [-0.05, 0) is 38.7 Å². The van der Waals surface area contributed by atoms with Gasteiger partial charge in [0.15, 0.2) is 0 Å². The standard InChI is InChI=1S/C21H26N4O3/c1-21(2)18(22-20(21)28)13-8-10-25(11-9-13)17(26)12-16-14-6-4-5-7-15(14)19(27)24(3)23-16/h4-7,13,18H,8-12H2,1-3H3,(H,22,28). The van der Waals surface area contributed by atoms with Crippen LogP contribution < -0.4 is 10.9 Å². The van der Waals surface area contributed by atoms with Crippen molar-refractivity contribution in [2.75, 3.05) is 13.1 Å². The molecule has 2 saturated heterocycles. The highest BCUT2D eigenvalue weighted by Gasteiger charge is 2.51. The number of hydrogen-bond donors (Lipinski definition) is 1. The van der Waals surface area contributed by atoms with Crippen LogP contribution in [-0.4, -0.2) is 45.6 Å². The number of carbonyl (C=O) groups excluding carboxylic acids is 2. The summed E-state index contributed by atoms with van der Waals surface area (Å²) in [5.74, 6) is 0.559. The van der Waals surface area contributed by atoms with Crippen LogP contribution in [-0.2, 0) is 23.1 Å². The van der Waals surface area contributed by atoms with Crippen LogP contribution >= 0.6 is 0 Å². The Hall–Kier alpha value is -2.70. The second kappa shape index (κ2) is 6.72. The second-order valence-corrected chi connectivity index (χ2v) is 8.49. The fraction of sp³-hybridized carbons (Fsp3) is 0.524. The van der Waals surface area contributed by atoms with Crippen LogP contribution in [0.15, 0.2) is 29.1 Å². The minimum atomic E-state index is -0.311. The third kappa shape index (κ3) is 2.99. The number of amides is 2. The largest absolute Gasteiger partial charge is 0.351 e. The van der Waals surface area contributed by atoms with Gasteiger partial charge in [0.1, 0.15) is 0 Å². The van der Waals surface area contributed by atoms with Gasteiger partial charge in [-0.25, -0.2) is 4.68 Å². The normalized spacial score (nSPS) is 22.0. The Kier molecular flexibility index (Phi) is 4.48. The van der Waals surface area contributed by atoms with E-state index in [0.29, 0.717) is 30.1 Å². The first kappa shape index (κ1) is 18.7. The van der Waals surface area contributed by atoms with Gasteiger partial charge in [0.05, 0.1) is 22.9 Å². The van der Waals surface area contributed by atoms with Gasteiger partial charge in [-0.15, -0.1) is 0 Å². The monoisotopic (exact) mass is 382 g/mol. The predicted octanol–water partition coefficient (Wildman–Crippen LogP) is 1.24. The zero-order chi connectivity index (χ0) is 20.1. The molecular weight excluding hydrogens is 356 g/mol. The van der Waals surface area contributed by atoms with E-state index in [1.54, 1.807) is 13.1 Å². The molecule has 0 radical (unpaired) electrons. The van der Waals surface area contributed by atoms with Gasteiger partial charge < -0.3 is 10.2 Å². The second-order valence-electron chi connectivity index (χ2n) is 8.49. The van der Waals surface area contributed by atoms with Crippen LogP contribution in [0.3, 0.4) is 0 Å². The number of benzene rings is 1. The molecule has 7 heteroatoms. The van der Waals surface area contributed by atoms with Crippen LogP contribution in [0.2, 0.25) is 0 Å². The first-order chi connectivity index (χ1) is 13.3. The van der Waals surface area contributed by atoms with Gasteiger partial charge in [0.25, 0.3) is 5.56 Å². The lowest BCUT2D eigenvalue weighted by Gasteiger charge is -2.50. The van der Waals surface area contributed by atoms with Gasteiger partial charge in [-0.1, -0.05) is 18.2 Å². The number of hydrogen-bond acceptors (Lipinski definition) is 4. The van der Waals surface area contributed by atoms with Gasteiger partial charge in [-0.3, -0.25) is 14.4 Å². The fourth-order valence-corrected chi connectivity index (χ4v) is 4.52. The number of rotatable bonds is 3. The molecule has 2 fully saturated rings. The van der Waals surface area contributed by atoms with E-state index < -0.39 is 0 Å². The lowest BCUT2D eigenvalue weighted by molar-refractivity contribution is -0.147. The highest BCUT2D eigenvalue weighted by molar-refractivity contribution is 5.89. The first-order valence-corrected chi connectivity index (χ1v) is 9.82.